The number of hydrogen-bond acceptors (Lipinski definition) is 1. The van der Waals surface area contributed by atoms with Gasteiger partial charge in [0.2, 0.25) is 5.91 Å². The minimum atomic E-state index is -4.48. The molecule has 0 bridgehead atoms. The summed E-state index contributed by atoms with van der Waals surface area (Å²) in [6.45, 7) is 0. The average molecular weight is 340 g/mol. The molecule has 1 amide bonds. The fraction of sp³-hybridized carbons (Fsp3) is 0.235. The van der Waals surface area contributed by atoms with E-state index >= 15 is 0 Å². The minimum absolute atomic E-state index is 0.0116. The van der Waals surface area contributed by atoms with Crippen LogP contribution in [0, 0.1) is 5.92 Å². The number of nitrogens with one attached hydrogen (secondary N) is 1. The van der Waals surface area contributed by atoms with Crippen LogP contribution in [0.4, 0.5) is 18.9 Å². The molecule has 0 saturated carbocycles. The fourth-order valence-corrected chi connectivity index (χ4v) is 2.94. The molecule has 2 aromatic carbocycles. The van der Waals surface area contributed by atoms with Gasteiger partial charge in [-0.25, -0.2) is 0 Å². The van der Waals surface area contributed by atoms with Crippen LogP contribution in [-0.2, 0) is 23.8 Å². The van der Waals surface area contributed by atoms with Crippen LogP contribution in [0.3, 0.4) is 0 Å². The van der Waals surface area contributed by atoms with E-state index in [4.69, 9.17) is 11.6 Å². The van der Waals surface area contributed by atoms with E-state index in [1.165, 1.54) is 0 Å². The van der Waals surface area contributed by atoms with Crippen molar-refractivity contribution in [1.82, 2.24) is 0 Å². The highest BCUT2D eigenvalue weighted by atomic mass is 35.5. The molecule has 1 aliphatic carbocycles. The van der Waals surface area contributed by atoms with Gasteiger partial charge in [-0.3, -0.25) is 4.79 Å². The molecule has 2 aromatic rings. The van der Waals surface area contributed by atoms with Gasteiger partial charge >= 0.3 is 6.18 Å². The first-order chi connectivity index (χ1) is 10.8. The lowest BCUT2D eigenvalue weighted by molar-refractivity contribution is -0.137. The van der Waals surface area contributed by atoms with E-state index in [-0.39, 0.29) is 22.5 Å². The van der Waals surface area contributed by atoms with E-state index in [2.05, 4.69) is 5.32 Å². The van der Waals surface area contributed by atoms with Gasteiger partial charge in [-0.2, -0.15) is 13.2 Å². The smallest absolute Gasteiger partial charge is 0.324 e. The molecule has 0 fully saturated rings. The molecule has 1 aliphatic rings. The van der Waals surface area contributed by atoms with Crippen molar-refractivity contribution in [3.63, 3.8) is 0 Å². The van der Waals surface area contributed by atoms with Crippen molar-refractivity contribution < 1.29 is 18.0 Å². The molecular weight excluding hydrogens is 327 g/mol. The predicted molar refractivity (Wildman–Crippen MR) is 82.4 cm³/mol. The van der Waals surface area contributed by atoms with Crippen LogP contribution in [0.15, 0.2) is 42.5 Å². The zero-order valence-electron chi connectivity index (χ0n) is 12.0. The third-order valence-corrected chi connectivity index (χ3v) is 4.30. The molecule has 2 nitrogen and oxygen atoms in total. The van der Waals surface area contributed by atoms with Gasteiger partial charge in [-0.15, -0.1) is 0 Å². The first kappa shape index (κ1) is 15.9. The maximum Gasteiger partial charge on any atom is 0.416 e. The zero-order valence-corrected chi connectivity index (χ0v) is 12.7. The summed E-state index contributed by atoms with van der Waals surface area (Å²) >= 11 is 5.90. The monoisotopic (exact) mass is 339 g/mol. The van der Waals surface area contributed by atoms with Crippen LogP contribution in [0.1, 0.15) is 16.7 Å². The van der Waals surface area contributed by atoms with Gasteiger partial charge in [0, 0.05) is 5.92 Å². The number of rotatable bonds is 2. The van der Waals surface area contributed by atoms with Gasteiger partial charge in [-0.1, -0.05) is 35.9 Å². The fourth-order valence-electron chi connectivity index (χ4n) is 2.78. The summed E-state index contributed by atoms with van der Waals surface area (Å²) < 4.78 is 38.3. The Balaban J connectivity index is 1.77. The molecule has 0 aliphatic heterocycles. The highest BCUT2D eigenvalue weighted by Crippen LogP contribution is 2.34. The van der Waals surface area contributed by atoms with Gasteiger partial charge in [0.1, 0.15) is 0 Å². The quantitative estimate of drug-likeness (QED) is 0.843. The molecule has 6 heteroatoms. The van der Waals surface area contributed by atoms with E-state index in [1.54, 1.807) is 0 Å². The summed E-state index contributed by atoms with van der Waals surface area (Å²) in [5.41, 5.74) is 1.35. The number of carbonyl (C=O) groups is 1. The molecule has 0 atom stereocenters. The maximum atomic E-state index is 12.8. The SMILES string of the molecule is O=C(Nc1cc(C(F)(F)F)ccc1Cl)C1Cc2ccccc2C1. The molecule has 0 heterocycles. The van der Waals surface area contributed by atoms with Crippen molar-refractivity contribution in [2.75, 3.05) is 5.32 Å². The second kappa shape index (κ2) is 5.89. The van der Waals surface area contributed by atoms with E-state index in [0.717, 1.165) is 29.3 Å². The van der Waals surface area contributed by atoms with Crippen molar-refractivity contribution in [1.29, 1.82) is 0 Å². The number of fused-ring (bicyclic) bond motifs is 1. The Morgan fingerprint density at radius 3 is 2.26 bits per heavy atom. The van der Waals surface area contributed by atoms with Crippen LogP contribution < -0.4 is 5.32 Å². The molecular formula is C17H13ClF3NO. The number of hydrogen-bond donors (Lipinski definition) is 1. The lowest BCUT2D eigenvalue weighted by Gasteiger charge is -2.14. The van der Waals surface area contributed by atoms with Crippen LogP contribution in [0.5, 0.6) is 0 Å². The first-order valence-corrected chi connectivity index (χ1v) is 7.47. The minimum Gasteiger partial charge on any atom is -0.324 e. The Labute approximate surface area is 136 Å². The molecule has 0 radical (unpaired) electrons. The van der Waals surface area contributed by atoms with Crippen molar-refractivity contribution in [2.24, 2.45) is 5.92 Å². The van der Waals surface area contributed by atoms with Crippen molar-refractivity contribution >= 4 is 23.2 Å². The molecule has 120 valence electrons. The van der Waals surface area contributed by atoms with Crippen LogP contribution in [0.25, 0.3) is 0 Å². The lowest BCUT2D eigenvalue weighted by Crippen LogP contribution is -2.23. The van der Waals surface area contributed by atoms with Gasteiger partial charge in [0.15, 0.2) is 0 Å². The molecule has 1 N–H and O–H groups in total. The number of anilines is 1. The Hall–Kier alpha value is -2.01. The normalized spacial score (nSPS) is 14.6. The summed E-state index contributed by atoms with van der Waals surface area (Å²) in [5.74, 6) is -0.611. The number of alkyl halides is 3. The Kier molecular flexibility index (Phi) is 4.06. The van der Waals surface area contributed by atoms with Crippen LogP contribution in [0.2, 0.25) is 5.02 Å². The van der Waals surface area contributed by atoms with Crippen molar-refractivity contribution in [3.8, 4) is 0 Å². The molecule has 3 rings (SSSR count). The maximum absolute atomic E-state index is 12.8. The first-order valence-electron chi connectivity index (χ1n) is 7.09. The van der Waals surface area contributed by atoms with E-state index in [1.807, 2.05) is 24.3 Å². The van der Waals surface area contributed by atoms with Gasteiger partial charge in [0.25, 0.3) is 0 Å². The standard InChI is InChI=1S/C17H13ClF3NO/c18-14-6-5-13(17(19,20)21)9-15(14)22-16(23)12-7-10-3-1-2-4-11(10)8-12/h1-6,9,12H,7-8H2,(H,22,23). The summed E-state index contributed by atoms with van der Waals surface area (Å²) in [6, 6.07) is 10.6. The predicted octanol–water partition coefficient (Wildman–Crippen LogP) is 4.71. The van der Waals surface area contributed by atoms with Gasteiger partial charge in [0.05, 0.1) is 16.3 Å². The van der Waals surface area contributed by atoms with Crippen molar-refractivity contribution in [3.05, 3.63) is 64.2 Å². The number of benzene rings is 2. The van der Waals surface area contributed by atoms with Gasteiger partial charge < -0.3 is 5.32 Å². The van der Waals surface area contributed by atoms with Crippen LogP contribution >= 0.6 is 11.6 Å². The highest BCUT2D eigenvalue weighted by molar-refractivity contribution is 6.33. The van der Waals surface area contributed by atoms with E-state index in [9.17, 15) is 18.0 Å². The molecule has 23 heavy (non-hydrogen) atoms. The lowest BCUT2D eigenvalue weighted by atomic mass is 10.1. The summed E-state index contributed by atoms with van der Waals surface area (Å²) in [4.78, 5) is 12.3. The second-order valence-corrected chi connectivity index (χ2v) is 5.96. The summed E-state index contributed by atoms with van der Waals surface area (Å²) in [6.07, 6.45) is -3.31. The average Bonchev–Trinajstić information content (AvgIpc) is 2.92. The van der Waals surface area contributed by atoms with E-state index < -0.39 is 11.7 Å². The molecule has 0 unspecified atom stereocenters. The van der Waals surface area contributed by atoms with Crippen LogP contribution in [-0.4, -0.2) is 5.91 Å². The Morgan fingerprint density at radius 2 is 1.70 bits per heavy atom. The number of carbonyl (C=O) groups excluding carboxylic acids is 1. The zero-order chi connectivity index (χ0) is 16.6. The highest BCUT2D eigenvalue weighted by Gasteiger charge is 2.32. The third kappa shape index (κ3) is 3.34. The number of halogens is 4. The largest absolute Gasteiger partial charge is 0.416 e. The molecule has 0 spiro atoms. The second-order valence-electron chi connectivity index (χ2n) is 5.56. The summed E-state index contributed by atoms with van der Waals surface area (Å²) in [7, 11) is 0. The Bertz CT molecular complexity index is 733. The van der Waals surface area contributed by atoms with Gasteiger partial charge in [-0.05, 0) is 42.2 Å². The van der Waals surface area contributed by atoms with E-state index in [0.29, 0.717) is 12.8 Å². The van der Waals surface area contributed by atoms with Crippen molar-refractivity contribution in [2.45, 2.75) is 19.0 Å². The number of amides is 1. The molecule has 0 aromatic heterocycles. The molecule has 0 saturated heterocycles. The Morgan fingerprint density at radius 1 is 1.09 bits per heavy atom. The third-order valence-electron chi connectivity index (χ3n) is 3.97. The topological polar surface area (TPSA) is 29.1 Å². The summed E-state index contributed by atoms with van der Waals surface area (Å²) in [5, 5.41) is 2.61.